The van der Waals surface area contributed by atoms with E-state index >= 15 is 0 Å². The minimum absolute atomic E-state index is 0.0504. The zero-order chi connectivity index (χ0) is 19.6. The van der Waals surface area contributed by atoms with E-state index in [9.17, 15) is 9.59 Å². The van der Waals surface area contributed by atoms with Crippen molar-refractivity contribution in [2.75, 3.05) is 26.7 Å². The van der Waals surface area contributed by atoms with Crippen LogP contribution in [0, 0.1) is 0 Å². The largest absolute Gasteiger partial charge is 0.485 e. The van der Waals surface area contributed by atoms with Crippen molar-refractivity contribution in [2.45, 2.75) is 51.4 Å². The zero-order valence-electron chi connectivity index (χ0n) is 16.4. The van der Waals surface area contributed by atoms with Gasteiger partial charge >= 0.3 is 6.09 Å². The molecule has 1 saturated heterocycles. The van der Waals surface area contributed by atoms with Gasteiger partial charge in [0.1, 0.15) is 12.2 Å². The summed E-state index contributed by atoms with van der Waals surface area (Å²) in [6.07, 6.45) is 0.752. The van der Waals surface area contributed by atoms with Gasteiger partial charge < -0.3 is 24.0 Å². The van der Waals surface area contributed by atoms with E-state index in [0.717, 1.165) is 12.8 Å². The number of fused-ring (bicyclic) bond motifs is 1. The van der Waals surface area contributed by atoms with Gasteiger partial charge in [-0.2, -0.15) is 0 Å². The summed E-state index contributed by atoms with van der Waals surface area (Å²) in [7, 11) is 1.73. The van der Waals surface area contributed by atoms with Crippen LogP contribution in [-0.4, -0.2) is 66.3 Å². The Morgan fingerprint density at radius 3 is 2.67 bits per heavy atom. The van der Waals surface area contributed by atoms with Crippen LogP contribution in [0.2, 0.25) is 0 Å². The molecular weight excluding hydrogens is 348 g/mol. The Morgan fingerprint density at radius 1 is 1.26 bits per heavy atom. The number of carbonyl (C=O) groups excluding carboxylic acids is 2. The Hall–Kier alpha value is -2.44. The van der Waals surface area contributed by atoms with Crippen molar-refractivity contribution < 1.29 is 23.8 Å². The van der Waals surface area contributed by atoms with Gasteiger partial charge in [0.2, 0.25) is 6.10 Å². The first-order valence-electron chi connectivity index (χ1n) is 9.37. The molecule has 0 aromatic heterocycles. The highest BCUT2D eigenvalue weighted by Crippen LogP contribution is 2.31. The van der Waals surface area contributed by atoms with Crippen molar-refractivity contribution in [2.24, 2.45) is 0 Å². The van der Waals surface area contributed by atoms with Gasteiger partial charge in [-0.1, -0.05) is 12.1 Å². The van der Waals surface area contributed by atoms with Gasteiger partial charge in [-0.15, -0.1) is 0 Å². The summed E-state index contributed by atoms with van der Waals surface area (Å²) in [4.78, 5) is 28.5. The number of benzene rings is 1. The van der Waals surface area contributed by atoms with Gasteiger partial charge in [0.05, 0.1) is 6.04 Å². The standard InChI is InChI=1S/C20H28N2O5/c1-20(2,3)27-19(24)22-11-7-8-14(22)12-21(4)18(23)17-13-25-15-9-5-6-10-16(15)26-17/h5-6,9-10,14,17H,7-8,11-13H2,1-4H3/t14-,17-/m0/s1. The molecule has 7 nitrogen and oxygen atoms in total. The lowest BCUT2D eigenvalue weighted by molar-refractivity contribution is -0.140. The number of amides is 2. The van der Waals surface area contributed by atoms with Crippen LogP contribution in [0.1, 0.15) is 33.6 Å². The molecule has 0 spiro atoms. The highest BCUT2D eigenvalue weighted by molar-refractivity contribution is 5.81. The van der Waals surface area contributed by atoms with Crippen molar-refractivity contribution in [1.82, 2.24) is 9.80 Å². The molecular formula is C20H28N2O5. The number of ether oxygens (including phenoxy) is 3. The first-order valence-corrected chi connectivity index (χ1v) is 9.37. The molecule has 0 unspecified atom stereocenters. The maximum Gasteiger partial charge on any atom is 0.410 e. The van der Waals surface area contributed by atoms with E-state index < -0.39 is 11.7 Å². The predicted molar refractivity (Wildman–Crippen MR) is 100.0 cm³/mol. The maximum absolute atomic E-state index is 12.8. The monoisotopic (exact) mass is 376 g/mol. The van der Waals surface area contributed by atoms with Crippen molar-refractivity contribution in [1.29, 1.82) is 0 Å². The summed E-state index contributed by atoms with van der Waals surface area (Å²) in [6, 6.07) is 7.26. The van der Waals surface area contributed by atoms with E-state index in [1.54, 1.807) is 22.9 Å². The molecule has 2 amide bonds. The average molecular weight is 376 g/mol. The molecule has 2 aliphatic rings. The molecule has 2 aliphatic heterocycles. The van der Waals surface area contributed by atoms with Crippen LogP contribution in [0.5, 0.6) is 11.5 Å². The number of para-hydroxylation sites is 2. The summed E-state index contributed by atoms with van der Waals surface area (Å²) in [5, 5.41) is 0. The molecule has 2 heterocycles. The minimum Gasteiger partial charge on any atom is -0.485 e. The fraction of sp³-hybridized carbons (Fsp3) is 0.600. The van der Waals surface area contributed by atoms with Crippen LogP contribution < -0.4 is 9.47 Å². The lowest BCUT2D eigenvalue weighted by Crippen LogP contribution is -2.50. The van der Waals surface area contributed by atoms with Gasteiger partial charge in [-0.25, -0.2) is 4.79 Å². The van der Waals surface area contributed by atoms with Crippen molar-refractivity contribution >= 4 is 12.0 Å². The van der Waals surface area contributed by atoms with Crippen molar-refractivity contribution in [3.8, 4) is 11.5 Å². The average Bonchev–Trinajstić information content (AvgIpc) is 3.07. The van der Waals surface area contributed by atoms with Crippen LogP contribution in [0.15, 0.2) is 24.3 Å². The molecule has 27 heavy (non-hydrogen) atoms. The summed E-state index contributed by atoms with van der Waals surface area (Å²) >= 11 is 0. The molecule has 148 valence electrons. The smallest absolute Gasteiger partial charge is 0.410 e. The molecule has 7 heteroatoms. The zero-order valence-corrected chi connectivity index (χ0v) is 16.4. The molecule has 1 fully saturated rings. The van der Waals surface area contributed by atoms with Gasteiger partial charge in [-0.3, -0.25) is 4.79 Å². The second-order valence-electron chi connectivity index (χ2n) is 8.05. The summed E-state index contributed by atoms with van der Waals surface area (Å²) in [6.45, 7) is 6.83. The van der Waals surface area contributed by atoms with E-state index in [0.29, 0.717) is 24.6 Å². The van der Waals surface area contributed by atoms with Gasteiger partial charge in [0.15, 0.2) is 11.5 Å². The number of rotatable bonds is 3. The molecule has 0 bridgehead atoms. The fourth-order valence-electron chi connectivity index (χ4n) is 3.38. The van der Waals surface area contributed by atoms with Crippen LogP contribution in [-0.2, 0) is 9.53 Å². The second-order valence-corrected chi connectivity index (χ2v) is 8.05. The van der Waals surface area contributed by atoms with E-state index in [1.165, 1.54) is 0 Å². The lowest BCUT2D eigenvalue weighted by Gasteiger charge is -2.33. The molecule has 0 aliphatic carbocycles. The first kappa shape index (κ1) is 19.3. The van der Waals surface area contributed by atoms with Gasteiger partial charge in [0.25, 0.3) is 5.91 Å². The highest BCUT2D eigenvalue weighted by Gasteiger charge is 2.36. The number of carbonyl (C=O) groups is 2. The molecule has 0 N–H and O–H groups in total. The Bertz CT molecular complexity index is 700. The summed E-state index contributed by atoms with van der Waals surface area (Å²) < 4.78 is 16.9. The van der Waals surface area contributed by atoms with E-state index in [4.69, 9.17) is 14.2 Å². The SMILES string of the molecule is CN(C[C@@H]1CCCN1C(=O)OC(C)(C)C)C(=O)[C@@H]1COc2ccccc2O1. The molecule has 2 atom stereocenters. The third-order valence-corrected chi connectivity index (χ3v) is 4.65. The Balaban J connectivity index is 1.58. The highest BCUT2D eigenvalue weighted by atomic mass is 16.6. The Morgan fingerprint density at radius 2 is 1.96 bits per heavy atom. The quantitative estimate of drug-likeness (QED) is 0.811. The van der Waals surface area contributed by atoms with Crippen LogP contribution >= 0.6 is 0 Å². The molecule has 3 rings (SSSR count). The van der Waals surface area contributed by atoms with Crippen molar-refractivity contribution in [3.63, 3.8) is 0 Å². The minimum atomic E-state index is -0.679. The number of likely N-dealkylation sites (tertiary alicyclic amines) is 1. The van der Waals surface area contributed by atoms with Gasteiger partial charge in [-0.05, 0) is 45.7 Å². The van der Waals surface area contributed by atoms with Crippen molar-refractivity contribution in [3.05, 3.63) is 24.3 Å². The van der Waals surface area contributed by atoms with E-state index in [-0.39, 0.29) is 24.6 Å². The number of hydrogen-bond donors (Lipinski definition) is 0. The number of likely N-dealkylation sites (N-methyl/N-ethyl adjacent to an activating group) is 1. The molecule has 0 saturated carbocycles. The Labute approximate surface area is 160 Å². The third kappa shape index (κ3) is 4.64. The third-order valence-electron chi connectivity index (χ3n) is 4.65. The topological polar surface area (TPSA) is 68.3 Å². The van der Waals surface area contributed by atoms with Crippen LogP contribution in [0.3, 0.4) is 0 Å². The lowest BCUT2D eigenvalue weighted by atomic mass is 10.2. The first-order chi connectivity index (χ1) is 12.7. The van der Waals surface area contributed by atoms with Gasteiger partial charge in [0, 0.05) is 20.1 Å². The predicted octanol–water partition coefficient (Wildman–Crippen LogP) is 2.68. The molecule has 0 radical (unpaired) electrons. The van der Waals surface area contributed by atoms with Crippen LogP contribution in [0.25, 0.3) is 0 Å². The Kier molecular flexibility index (Phi) is 5.48. The second kappa shape index (κ2) is 7.66. The molecule has 1 aromatic rings. The normalized spacial score (nSPS) is 21.7. The van der Waals surface area contributed by atoms with E-state index in [1.807, 2.05) is 39.0 Å². The number of hydrogen-bond acceptors (Lipinski definition) is 5. The summed E-state index contributed by atoms with van der Waals surface area (Å²) in [5.41, 5.74) is -0.535. The van der Waals surface area contributed by atoms with Crippen LogP contribution in [0.4, 0.5) is 4.79 Å². The maximum atomic E-state index is 12.8. The fourth-order valence-corrected chi connectivity index (χ4v) is 3.38. The summed E-state index contributed by atoms with van der Waals surface area (Å²) in [5.74, 6) is 1.07. The molecule has 1 aromatic carbocycles. The number of nitrogens with zero attached hydrogens (tertiary/aromatic N) is 2. The van der Waals surface area contributed by atoms with E-state index in [2.05, 4.69) is 0 Å².